The van der Waals surface area contributed by atoms with Crippen LogP contribution in [0, 0.1) is 11.3 Å². The summed E-state index contributed by atoms with van der Waals surface area (Å²) in [6, 6.07) is 7.34. The van der Waals surface area contributed by atoms with Gasteiger partial charge >= 0.3 is 0 Å². The molecule has 6 heteroatoms. The Kier molecular flexibility index (Phi) is 9.39. The summed E-state index contributed by atoms with van der Waals surface area (Å²) in [5.74, 6) is 1.15. The van der Waals surface area contributed by atoms with Gasteiger partial charge in [0.1, 0.15) is 0 Å². The predicted octanol–water partition coefficient (Wildman–Crippen LogP) is 3.68. The molecule has 0 unspecified atom stereocenters. The lowest BCUT2D eigenvalue weighted by Gasteiger charge is -2.32. The monoisotopic (exact) mass is 472 g/mol. The predicted molar refractivity (Wildman–Crippen MR) is 119 cm³/mol. The lowest BCUT2D eigenvalue weighted by molar-refractivity contribution is 0.100. The molecule has 146 valence electrons. The number of nitrogens with one attached hydrogen (secondary N) is 2. The van der Waals surface area contributed by atoms with Crippen LogP contribution in [0.1, 0.15) is 61.9 Å². The second-order valence-electron chi connectivity index (χ2n) is 7.65. The Morgan fingerprint density at radius 1 is 1.19 bits per heavy atom. The SMILES string of the molecule is CN=C(NCc1ccc(C(N)=O)cc1)NCC1(CC(C)C)CCCC1.I. The molecule has 0 aromatic heterocycles. The molecule has 5 nitrogen and oxygen atoms in total. The summed E-state index contributed by atoms with van der Waals surface area (Å²) in [6.07, 6.45) is 6.57. The number of aliphatic imine (C=N–C) groups is 1. The van der Waals surface area contributed by atoms with Crippen LogP contribution in [-0.4, -0.2) is 25.5 Å². The van der Waals surface area contributed by atoms with Crippen molar-refractivity contribution in [1.29, 1.82) is 0 Å². The van der Waals surface area contributed by atoms with E-state index in [0.29, 0.717) is 17.5 Å². The highest BCUT2D eigenvalue weighted by Crippen LogP contribution is 2.42. The van der Waals surface area contributed by atoms with Crippen LogP contribution < -0.4 is 16.4 Å². The summed E-state index contributed by atoms with van der Waals surface area (Å²) >= 11 is 0. The quantitative estimate of drug-likeness (QED) is 0.322. The minimum Gasteiger partial charge on any atom is -0.366 e. The van der Waals surface area contributed by atoms with E-state index in [1.165, 1.54) is 32.1 Å². The van der Waals surface area contributed by atoms with E-state index in [2.05, 4.69) is 29.5 Å². The van der Waals surface area contributed by atoms with E-state index < -0.39 is 5.91 Å². The summed E-state index contributed by atoms with van der Waals surface area (Å²) in [5, 5.41) is 6.87. The van der Waals surface area contributed by atoms with Gasteiger partial charge in [-0.25, -0.2) is 0 Å². The van der Waals surface area contributed by atoms with Crippen LogP contribution in [0.2, 0.25) is 0 Å². The van der Waals surface area contributed by atoms with Crippen LogP contribution in [0.25, 0.3) is 0 Å². The van der Waals surface area contributed by atoms with Crippen molar-refractivity contribution in [2.24, 2.45) is 22.1 Å². The number of primary amides is 1. The molecule has 1 saturated carbocycles. The zero-order valence-corrected chi connectivity index (χ0v) is 18.5. The smallest absolute Gasteiger partial charge is 0.248 e. The molecule has 2 rings (SSSR count). The van der Waals surface area contributed by atoms with Crippen molar-refractivity contribution in [3.63, 3.8) is 0 Å². The molecule has 0 bridgehead atoms. The molecule has 0 heterocycles. The molecule has 26 heavy (non-hydrogen) atoms. The third-order valence-corrected chi connectivity index (χ3v) is 5.06. The molecule has 4 N–H and O–H groups in total. The van der Waals surface area contributed by atoms with Gasteiger partial charge in [-0.3, -0.25) is 9.79 Å². The molecule has 1 aromatic carbocycles. The van der Waals surface area contributed by atoms with E-state index in [0.717, 1.165) is 24.0 Å². The van der Waals surface area contributed by atoms with Gasteiger partial charge in [0.25, 0.3) is 0 Å². The van der Waals surface area contributed by atoms with E-state index >= 15 is 0 Å². The molecule has 1 fully saturated rings. The molecule has 1 aromatic rings. The Hall–Kier alpha value is -1.31. The number of carbonyl (C=O) groups excluding carboxylic acids is 1. The number of guanidine groups is 1. The molecule has 0 spiro atoms. The van der Waals surface area contributed by atoms with Gasteiger partial charge in [-0.15, -0.1) is 24.0 Å². The number of amides is 1. The van der Waals surface area contributed by atoms with E-state index in [-0.39, 0.29) is 24.0 Å². The lowest BCUT2D eigenvalue weighted by atomic mass is 9.78. The zero-order chi connectivity index (χ0) is 18.3. The maximum atomic E-state index is 11.1. The van der Waals surface area contributed by atoms with Crippen molar-refractivity contribution in [2.75, 3.05) is 13.6 Å². The highest BCUT2D eigenvalue weighted by atomic mass is 127. The van der Waals surface area contributed by atoms with Crippen molar-refractivity contribution in [3.8, 4) is 0 Å². The van der Waals surface area contributed by atoms with Gasteiger partial charge in [-0.2, -0.15) is 0 Å². The van der Waals surface area contributed by atoms with Crippen LogP contribution in [0.15, 0.2) is 29.3 Å². The first-order valence-corrected chi connectivity index (χ1v) is 9.27. The van der Waals surface area contributed by atoms with Gasteiger partial charge in [-0.05, 0) is 48.3 Å². The number of halogens is 1. The number of nitrogens with zero attached hydrogens (tertiary/aromatic N) is 1. The van der Waals surface area contributed by atoms with Crippen molar-refractivity contribution in [2.45, 2.75) is 52.5 Å². The fraction of sp³-hybridized carbons (Fsp3) is 0.600. The summed E-state index contributed by atoms with van der Waals surface area (Å²) in [7, 11) is 1.80. The zero-order valence-electron chi connectivity index (χ0n) is 16.2. The van der Waals surface area contributed by atoms with Gasteiger partial charge in [0.15, 0.2) is 5.96 Å². The van der Waals surface area contributed by atoms with Crippen LogP contribution in [0.4, 0.5) is 0 Å². The maximum absolute atomic E-state index is 11.1. The molecule has 0 saturated heterocycles. The van der Waals surface area contributed by atoms with E-state index in [9.17, 15) is 4.79 Å². The first kappa shape index (κ1) is 22.7. The minimum absolute atomic E-state index is 0. The molecule has 0 radical (unpaired) electrons. The third kappa shape index (κ3) is 6.78. The molecular weight excluding hydrogens is 439 g/mol. The van der Waals surface area contributed by atoms with Crippen LogP contribution in [-0.2, 0) is 6.54 Å². The second-order valence-corrected chi connectivity index (χ2v) is 7.65. The van der Waals surface area contributed by atoms with Gasteiger partial charge in [0.2, 0.25) is 5.91 Å². The highest BCUT2D eigenvalue weighted by molar-refractivity contribution is 14.0. The Morgan fingerprint density at radius 2 is 1.81 bits per heavy atom. The molecule has 0 atom stereocenters. The Bertz CT molecular complexity index is 592. The number of hydrogen-bond donors (Lipinski definition) is 3. The third-order valence-electron chi connectivity index (χ3n) is 5.06. The van der Waals surface area contributed by atoms with E-state index in [4.69, 9.17) is 5.73 Å². The van der Waals surface area contributed by atoms with Gasteiger partial charge in [0, 0.05) is 25.7 Å². The molecule has 1 aliphatic rings. The maximum Gasteiger partial charge on any atom is 0.248 e. The van der Waals surface area contributed by atoms with Crippen LogP contribution >= 0.6 is 24.0 Å². The highest BCUT2D eigenvalue weighted by Gasteiger charge is 2.34. The molecule has 1 amide bonds. The second kappa shape index (κ2) is 10.7. The fourth-order valence-electron chi connectivity index (χ4n) is 3.91. The van der Waals surface area contributed by atoms with Crippen molar-refractivity contribution in [3.05, 3.63) is 35.4 Å². The summed E-state index contributed by atoms with van der Waals surface area (Å²) < 4.78 is 0. The largest absolute Gasteiger partial charge is 0.366 e. The number of hydrogen-bond acceptors (Lipinski definition) is 2. The van der Waals surface area contributed by atoms with Gasteiger partial charge in [-0.1, -0.05) is 38.8 Å². The molecule has 0 aliphatic heterocycles. The Balaban J connectivity index is 0.00000338. The average Bonchev–Trinajstić information content (AvgIpc) is 3.03. The minimum atomic E-state index is -0.399. The fourth-order valence-corrected chi connectivity index (χ4v) is 3.91. The van der Waals surface area contributed by atoms with Crippen molar-refractivity contribution >= 4 is 35.8 Å². The molecular formula is C20H33IN4O. The van der Waals surface area contributed by atoms with Crippen LogP contribution in [0.3, 0.4) is 0 Å². The normalized spacial score (nSPS) is 16.2. The first-order valence-electron chi connectivity index (χ1n) is 9.27. The van der Waals surface area contributed by atoms with Gasteiger partial charge in [0.05, 0.1) is 0 Å². The Labute approximate surface area is 174 Å². The van der Waals surface area contributed by atoms with E-state index in [1.54, 1.807) is 19.2 Å². The van der Waals surface area contributed by atoms with Gasteiger partial charge < -0.3 is 16.4 Å². The lowest BCUT2D eigenvalue weighted by Crippen LogP contribution is -2.43. The number of nitrogens with two attached hydrogens (primary N) is 1. The first-order chi connectivity index (χ1) is 11.9. The number of carbonyl (C=O) groups is 1. The Morgan fingerprint density at radius 3 is 2.31 bits per heavy atom. The summed E-state index contributed by atoms with van der Waals surface area (Å²) in [5.41, 5.74) is 7.30. The summed E-state index contributed by atoms with van der Waals surface area (Å²) in [4.78, 5) is 15.5. The molecule has 1 aliphatic carbocycles. The topological polar surface area (TPSA) is 79.5 Å². The number of rotatable bonds is 7. The summed E-state index contributed by atoms with van der Waals surface area (Å²) in [6.45, 7) is 6.26. The standard InChI is InChI=1S/C20H32N4O.HI/c1-15(2)12-20(10-4-5-11-20)14-24-19(22-3)23-13-16-6-8-17(9-7-16)18(21)25;/h6-9,15H,4-5,10-14H2,1-3H3,(H2,21,25)(H2,22,23,24);1H. The van der Waals surface area contributed by atoms with E-state index in [1.807, 2.05) is 12.1 Å². The van der Waals surface area contributed by atoms with Crippen molar-refractivity contribution < 1.29 is 4.79 Å². The van der Waals surface area contributed by atoms with Crippen molar-refractivity contribution in [1.82, 2.24) is 10.6 Å². The number of benzene rings is 1. The average molecular weight is 472 g/mol. The van der Waals surface area contributed by atoms with Crippen LogP contribution in [0.5, 0.6) is 0 Å².